The van der Waals surface area contributed by atoms with Gasteiger partial charge in [-0.3, -0.25) is 4.79 Å². The van der Waals surface area contributed by atoms with Crippen LogP contribution in [0.5, 0.6) is 5.75 Å². The molecule has 0 saturated carbocycles. The van der Waals surface area contributed by atoms with Gasteiger partial charge in [0.05, 0.1) is 5.56 Å². The van der Waals surface area contributed by atoms with Crippen LogP contribution in [0.25, 0.3) is 12.2 Å². The second-order valence-corrected chi connectivity index (χ2v) is 4.78. The molecule has 0 aliphatic carbocycles. The van der Waals surface area contributed by atoms with Gasteiger partial charge in [0.1, 0.15) is 12.0 Å². The molecule has 2 rings (SSSR count). The molecule has 0 saturated heterocycles. The van der Waals surface area contributed by atoms with E-state index in [0.717, 1.165) is 18.2 Å². The number of benzene rings is 2. The fourth-order valence-electron chi connectivity index (χ4n) is 1.96. The Kier molecular flexibility index (Phi) is 5.33. The quantitative estimate of drug-likeness (QED) is 0.419. The minimum atomic E-state index is -4.41. The van der Waals surface area contributed by atoms with Gasteiger partial charge in [0, 0.05) is 5.56 Å². The first-order valence-corrected chi connectivity index (χ1v) is 6.68. The molecule has 0 amide bonds. The van der Waals surface area contributed by atoms with Gasteiger partial charge in [0.25, 0.3) is 0 Å². The Morgan fingerprint density at radius 1 is 0.875 bits per heavy atom. The third kappa shape index (κ3) is 4.91. The van der Waals surface area contributed by atoms with E-state index in [-0.39, 0.29) is 11.3 Å². The predicted octanol–water partition coefficient (Wildman–Crippen LogP) is 5.29. The van der Waals surface area contributed by atoms with Crippen molar-refractivity contribution in [2.24, 2.45) is 0 Å². The zero-order chi connectivity index (χ0) is 17.7. The van der Waals surface area contributed by atoms with Gasteiger partial charge >= 0.3 is 12.8 Å². The van der Waals surface area contributed by atoms with E-state index in [4.69, 9.17) is 0 Å². The summed E-state index contributed by atoms with van der Waals surface area (Å²) >= 11 is 0. The number of ether oxygens (including phenoxy) is 1. The maximum absolute atomic E-state index is 12.5. The molecule has 0 bridgehead atoms. The van der Waals surface area contributed by atoms with Crippen molar-refractivity contribution in [3.63, 3.8) is 0 Å². The molecular weight excluding hydrogens is 331 g/mol. The third-order valence-corrected chi connectivity index (χ3v) is 3.02. The summed E-state index contributed by atoms with van der Waals surface area (Å²) in [4.78, 5) is 10.8. The second kappa shape index (κ2) is 7.25. The molecule has 0 aliphatic rings. The van der Waals surface area contributed by atoms with E-state index in [9.17, 15) is 26.7 Å². The first kappa shape index (κ1) is 17.7. The van der Waals surface area contributed by atoms with Gasteiger partial charge in [0.15, 0.2) is 0 Å². The molecule has 0 spiro atoms. The molecule has 0 heterocycles. The summed E-state index contributed by atoms with van der Waals surface area (Å²) < 4.78 is 66.2. The second-order valence-electron chi connectivity index (χ2n) is 4.78. The minimum absolute atomic E-state index is 0.139. The molecule has 2 nitrogen and oxygen atoms in total. The van der Waals surface area contributed by atoms with Crippen molar-refractivity contribution in [2.45, 2.75) is 12.8 Å². The summed E-state index contributed by atoms with van der Waals surface area (Å²) in [6, 6.07) is 8.32. The van der Waals surface area contributed by atoms with E-state index >= 15 is 0 Å². The van der Waals surface area contributed by atoms with Crippen LogP contribution in [0.3, 0.4) is 0 Å². The van der Waals surface area contributed by atoms with Crippen LogP contribution in [-0.2, 0) is 6.18 Å². The van der Waals surface area contributed by atoms with Crippen LogP contribution in [0.15, 0.2) is 42.5 Å². The maximum Gasteiger partial charge on any atom is 0.416 e. The minimum Gasteiger partial charge on any atom is -0.435 e. The number of aldehydes is 1. The number of rotatable bonds is 5. The van der Waals surface area contributed by atoms with Gasteiger partial charge < -0.3 is 4.74 Å². The number of alkyl halides is 5. The van der Waals surface area contributed by atoms with E-state index < -0.39 is 18.4 Å². The molecule has 0 atom stereocenters. The number of halogens is 5. The van der Waals surface area contributed by atoms with Crippen LogP contribution in [0.2, 0.25) is 0 Å². The Hall–Kier alpha value is -2.70. The molecule has 2 aromatic rings. The highest BCUT2D eigenvalue weighted by molar-refractivity contribution is 5.79. The molecular formula is C17H11F5O2. The molecule has 24 heavy (non-hydrogen) atoms. The average Bonchev–Trinajstić information content (AvgIpc) is 2.51. The van der Waals surface area contributed by atoms with Crippen molar-refractivity contribution in [2.75, 3.05) is 0 Å². The molecule has 0 aliphatic heterocycles. The summed E-state index contributed by atoms with van der Waals surface area (Å²) in [5.74, 6) is -0.179. The molecule has 0 unspecified atom stereocenters. The monoisotopic (exact) mass is 342 g/mol. The van der Waals surface area contributed by atoms with Crippen molar-refractivity contribution in [1.82, 2.24) is 0 Å². The zero-order valence-corrected chi connectivity index (χ0v) is 12.1. The maximum atomic E-state index is 12.5. The summed E-state index contributed by atoms with van der Waals surface area (Å²) in [6.45, 7) is -3.03. The van der Waals surface area contributed by atoms with Crippen LogP contribution < -0.4 is 4.74 Å². The lowest BCUT2D eigenvalue weighted by Gasteiger charge is -2.07. The van der Waals surface area contributed by atoms with Crippen molar-refractivity contribution >= 4 is 18.4 Å². The van der Waals surface area contributed by atoms with Crippen molar-refractivity contribution in [1.29, 1.82) is 0 Å². The van der Waals surface area contributed by atoms with Crippen LogP contribution in [0.1, 0.15) is 27.0 Å². The number of hydrogen-bond acceptors (Lipinski definition) is 2. The van der Waals surface area contributed by atoms with Crippen molar-refractivity contribution in [3.05, 3.63) is 64.7 Å². The highest BCUT2D eigenvalue weighted by Crippen LogP contribution is 2.29. The molecule has 126 valence electrons. The third-order valence-electron chi connectivity index (χ3n) is 3.02. The van der Waals surface area contributed by atoms with Crippen molar-refractivity contribution < 1.29 is 31.5 Å². The lowest BCUT2D eigenvalue weighted by Crippen LogP contribution is -2.03. The Bertz CT molecular complexity index is 734. The highest BCUT2D eigenvalue weighted by atomic mass is 19.4. The Morgan fingerprint density at radius 3 is 2.00 bits per heavy atom. The largest absolute Gasteiger partial charge is 0.435 e. The summed E-state index contributed by atoms with van der Waals surface area (Å²) in [6.07, 6.45) is -0.958. The fraction of sp³-hybridized carbons (Fsp3) is 0.118. The molecule has 2 aromatic carbocycles. The van der Waals surface area contributed by atoms with Crippen molar-refractivity contribution in [3.8, 4) is 5.75 Å². The average molecular weight is 342 g/mol. The molecule has 7 heteroatoms. The normalized spacial score (nSPS) is 11.9. The Balaban J connectivity index is 2.23. The predicted molar refractivity (Wildman–Crippen MR) is 78.8 cm³/mol. The topological polar surface area (TPSA) is 26.3 Å². The molecule has 0 aromatic heterocycles. The zero-order valence-electron chi connectivity index (χ0n) is 12.1. The van der Waals surface area contributed by atoms with E-state index in [1.54, 1.807) is 0 Å². The van der Waals surface area contributed by atoms with E-state index in [1.807, 2.05) is 0 Å². The summed E-state index contributed by atoms with van der Waals surface area (Å²) in [7, 11) is 0. The first-order valence-electron chi connectivity index (χ1n) is 6.68. The van der Waals surface area contributed by atoms with Gasteiger partial charge in [-0.2, -0.15) is 22.0 Å². The lowest BCUT2D eigenvalue weighted by molar-refractivity contribution is -0.137. The van der Waals surface area contributed by atoms with Crippen LogP contribution in [0.4, 0.5) is 22.0 Å². The van der Waals surface area contributed by atoms with Crippen LogP contribution in [-0.4, -0.2) is 12.9 Å². The van der Waals surface area contributed by atoms with Gasteiger partial charge in [-0.05, 0) is 41.5 Å². The summed E-state index contributed by atoms with van der Waals surface area (Å²) in [5.41, 5.74) is 0.251. The van der Waals surface area contributed by atoms with E-state index in [2.05, 4.69) is 4.74 Å². The van der Waals surface area contributed by atoms with E-state index in [1.165, 1.54) is 36.4 Å². The van der Waals surface area contributed by atoms with Crippen LogP contribution in [0, 0.1) is 0 Å². The van der Waals surface area contributed by atoms with Gasteiger partial charge in [0.2, 0.25) is 0 Å². The molecule has 0 fully saturated rings. The highest BCUT2D eigenvalue weighted by Gasteiger charge is 2.29. The number of carbonyl (C=O) groups is 1. The van der Waals surface area contributed by atoms with Gasteiger partial charge in [-0.25, -0.2) is 0 Å². The van der Waals surface area contributed by atoms with Gasteiger partial charge in [-0.15, -0.1) is 0 Å². The SMILES string of the molecule is O=Cc1cc(/C=C/c2ccc(C(F)(F)F)cc2)cc(OC(F)F)c1. The van der Waals surface area contributed by atoms with Gasteiger partial charge in [-0.1, -0.05) is 24.3 Å². The molecule has 0 N–H and O–H groups in total. The van der Waals surface area contributed by atoms with Crippen LogP contribution >= 0.6 is 0 Å². The molecule has 0 radical (unpaired) electrons. The number of hydrogen-bond donors (Lipinski definition) is 0. The van der Waals surface area contributed by atoms with E-state index in [0.29, 0.717) is 17.4 Å². The fourth-order valence-corrected chi connectivity index (χ4v) is 1.96. The Morgan fingerprint density at radius 2 is 1.46 bits per heavy atom. The smallest absolute Gasteiger partial charge is 0.416 e. The first-order chi connectivity index (χ1) is 11.3. The summed E-state index contributed by atoms with van der Waals surface area (Å²) in [5, 5.41) is 0. The Labute approximate surface area is 134 Å². The lowest BCUT2D eigenvalue weighted by atomic mass is 10.1. The number of carbonyl (C=O) groups excluding carboxylic acids is 1. The standard InChI is InChI=1S/C17H11F5O2/c18-16(19)24-15-8-12(7-13(9-15)10-23)2-1-11-3-5-14(6-4-11)17(20,21)22/h1-10,16H/b2-1+.